The first kappa shape index (κ1) is 27.2. The van der Waals surface area contributed by atoms with Gasteiger partial charge in [0.2, 0.25) is 17.7 Å². The summed E-state index contributed by atoms with van der Waals surface area (Å²) in [6.45, 7) is 0.893. The molecule has 3 aromatic rings. The first-order valence-corrected chi connectivity index (χ1v) is 12.1. The quantitative estimate of drug-likeness (QED) is 0.389. The van der Waals surface area contributed by atoms with E-state index in [0.717, 1.165) is 28.0 Å². The first-order valence-electron chi connectivity index (χ1n) is 10.9. The summed E-state index contributed by atoms with van der Waals surface area (Å²) in [5.74, 6) is -4.35. The molecule has 1 atom stereocenters. The highest BCUT2D eigenvalue weighted by Gasteiger charge is 2.23. The number of benzene rings is 3. The maximum atomic E-state index is 13.3. The Kier molecular flexibility index (Phi) is 9.44. The lowest BCUT2D eigenvalue weighted by Crippen LogP contribution is -2.44. The lowest BCUT2D eigenvalue weighted by atomic mass is 10.1. The Balaban J connectivity index is 1.57. The number of anilines is 1. The van der Waals surface area contributed by atoms with Crippen molar-refractivity contribution in [2.45, 2.75) is 23.3 Å². The molecule has 0 heterocycles. The van der Waals surface area contributed by atoms with E-state index in [-0.39, 0.29) is 18.7 Å². The Labute approximate surface area is 217 Å². The van der Waals surface area contributed by atoms with Gasteiger partial charge in [0.25, 0.3) is 0 Å². The van der Waals surface area contributed by atoms with Crippen molar-refractivity contribution in [2.24, 2.45) is 5.92 Å². The number of carbonyl (C=O) groups is 3. The smallest absolute Gasteiger partial charge is 0.246 e. The van der Waals surface area contributed by atoms with Crippen LogP contribution < -0.4 is 15.5 Å². The summed E-state index contributed by atoms with van der Waals surface area (Å²) in [6, 6.07) is 17.6. The number of hydrogen-bond acceptors (Lipinski definition) is 4. The zero-order valence-corrected chi connectivity index (χ0v) is 21.1. The van der Waals surface area contributed by atoms with Crippen LogP contribution in [0.25, 0.3) is 0 Å². The second-order valence-electron chi connectivity index (χ2n) is 7.91. The number of carbonyl (C=O) groups excluding carboxylic acids is 3. The van der Waals surface area contributed by atoms with Crippen molar-refractivity contribution in [1.82, 2.24) is 10.6 Å². The molecule has 0 aromatic heterocycles. The fraction of sp³-hybridized carbons (Fsp3) is 0.192. The summed E-state index contributed by atoms with van der Waals surface area (Å²) >= 11 is 7.61. The van der Waals surface area contributed by atoms with Crippen LogP contribution in [0.5, 0.6) is 0 Å². The minimum Gasteiger partial charge on any atom is -0.351 e. The van der Waals surface area contributed by atoms with Crippen LogP contribution in [0.15, 0.2) is 76.5 Å². The Morgan fingerprint density at radius 3 is 2.25 bits per heavy atom. The highest BCUT2D eigenvalue weighted by molar-refractivity contribution is 7.99. The third-order valence-electron chi connectivity index (χ3n) is 5.22. The van der Waals surface area contributed by atoms with Gasteiger partial charge in [0, 0.05) is 34.5 Å². The molecule has 0 fully saturated rings. The minimum atomic E-state index is -1.12. The van der Waals surface area contributed by atoms with Crippen LogP contribution in [0, 0.1) is 17.6 Å². The number of hydrogen-bond donors (Lipinski definition) is 2. The largest absolute Gasteiger partial charge is 0.351 e. The van der Waals surface area contributed by atoms with E-state index in [4.69, 9.17) is 11.6 Å². The van der Waals surface area contributed by atoms with Gasteiger partial charge in [-0.2, -0.15) is 0 Å². The molecule has 0 spiro atoms. The SMILES string of the molecule is CC(C(=O)NCC(=O)N(C)c1ccc(Cl)cc1Sc1ccccc1)C(=O)NCc1cc(F)cc(F)c1. The van der Waals surface area contributed by atoms with Crippen molar-refractivity contribution in [1.29, 1.82) is 0 Å². The molecule has 0 aliphatic rings. The van der Waals surface area contributed by atoms with Gasteiger partial charge in [-0.25, -0.2) is 8.78 Å². The van der Waals surface area contributed by atoms with Crippen molar-refractivity contribution >= 4 is 46.8 Å². The Morgan fingerprint density at radius 1 is 0.944 bits per heavy atom. The van der Waals surface area contributed by atoms with E-state index >= 15 is 0 Å². The van der Waals surface area contributed by atoms with E-state index in [1.165, 1.54) is 23.6 Å². The number of amides is 3. The van der Waals surface area contributed by atoms with E-state index in [1.807, 2.05) is 30.3 Å². The van der Waals surface area contributed by atoms with Crippen LogP contribution in [-0.2, 0) is 20.9 Å². The molecule has 188 valence electrons. The Morgan fingerprint density at radius 2 is 1.58 bits per heavy atom. The van der Waals surface area contributed by atoms with Crippen molar-refractivity contribution in [3.05, 3.63) is 89.0 Å². The van der Waals surface area contributed by atoms with Crippen LogP contribution in [0.3, 0.4) is 0 Å². The lowest BCUT2D eigenvalue weighted by molar-refractivity contribution is -0.135. The second-order valence-corrected chi connectivity index (χ2v) is 9.47. The van der Waals surface area contributed by atoms with Gasteiger partial charge in [-0.3, -0.25) is 14.4 Å². The average Bonchev–Trinajstić information content (AvgIpc) is 2.85. The highest BCUT2D eigenvalue weighted by Crippen LogP contribution is 2.36. The number of nitrogens with one attached hydrogen (secondary N) is 2. The first-order chi connectivity index (χ1) is 17.1. The van der Waals surface area contributed by atoms with Crippen molar-refractivity contribution in [3.8, 4) is 0 Å². The molecule has 1 unspecified atom stereocenters. The average molecular weight is 532 g/mol. The standard InChI is InChI=1S/C26H24ClF2N3O3S/c1-16(25(34)30-14-17-10-19(28)13-20(29)11-17)26(35)31-15-24(33)32(2)22-9-8-18(27)12-23(22)36-21-6-4-3-5-7-21/h3-13,16H,14-15H2,1-2H3,(H,30,34)(H,31,35). The molecule has 0 radical (unpaired) electrons. The summed E-state index contributed by atoms with van der Waals surface area (Å²) in [6.07, 6.45) is 0. The van der Waals surface area contributed by atoms with E-state index in [2.05, 4.69) is 10.6 Å². The molecule has 6 nitrogen and oxygen atoms in total. The maximum Gasteiger partial charge on any atom is 0.246 e. The molecular formula is C26H24ClF2N3O3S. The summed E-state index contributed by atoms with van der Waals surface area (Å²) in [4.78, 5) is 40.7. The van der Waals surface area contributed by atoms with Crippen LogP contribution in [0.1, 0.15) is 12.5 Å². The summed E-state index contributed by atoms with van der Waals surface area (Å²) in [5.41, 5.74) is 0.832. The van der Waals surface area contributed by atoms with E-state index in [0.29, 0.717) is 10.7 Å². The molecule has 0 aliphatic carbocycles. The van der Waals surface area contributed by atoms with Gasteiger partial charge in [-0.05, 0) is 55.0 Å². The molecule has 0 saturated heterocycles. The molecule has 2 N–H and O–H groups in total. The third-order valence-corrected chi connectivity index (χ3v) is 6.51. The van der Waals surface area contributed by atoms with Crippen molar-refractivity contribution in [2.75, 3.05) is 18.5 Å². The van der Waals surface area contributed by atoms with Gasteiger partial charge in [0.05, 0.1) is 12.2 Å². The predicted octanol–water partition coefficient (Wildman–Crippen LogP) is 4.80. The molecule has 0 saturated carbocycles. The van der Waals surface area contributed by atoms with E-state index < -0.39 is 35.3 Å². The van der Waals surface area contributed by atoms with Crippen molar-refractivity contribution in [3.63, 3.8) is 0 Å². The van der Waals surface area contributed by atoms with Crippen LogP contribution in [0.2, 0.25) is 5.02 Å². The molecule has 36 heavy (non-hydrogen) atoms. The molecule has 3 rings (SSSR count). The topological polar surface area (TPSA) is 78.5 Å². The minimum absolute atomic E-state index is 0.148. The summed E-state index contributed by atoms with van der Waals surface area (Å²) in [7, 11) is 1.58. The number of rotatable bonds is 9. The summed E-state index contributed by atoms with van der Waals surface area (Å²) < 4.78 is 26.6. The Hall–Kier alpha value is -3.43. The van der Waals surface area contributed by atoms with Crippen LogP contribution >= 0.6 is 23.4 Å². The second kappa shape index (κ2) is 12.5. The molecule has 0 bridgehead atoms. The fourth-order valence-corrected chi connectivity index (χ4v) is 4.48. The molecular weight excluding hydrogens is 508 g/mol. The number of likely N-dealkylation sites (N-methyl/N-ethyl adjacent to an activating group) is 1. The van der Waals surface area contributed by atoms with Gasteiger partial charge in [0.15, 0.2) is 0 Å². The van der Waals surface area contributed by atoms with E-state index in [9.17, 15) is 23.2 Å². The molecule has 3 aromatic carbocycles. The fourth-order valence-electron chi connectivity index (χ4n) is 3.21. The number of nitrogens with zero attached hydrogens (tertiary/aromatic N) is 1. The van der Waals surface area contributed by atoms with Gasteiger partial charge in [-0.15, -0.1) is 0 Å². The zero-order chi connectivity index (χ0) is 26.2. The van der Waals surface area contributed by atoms with E-state index in [1.54, 1.807) is 25.2 Å². The van der Waals surface area contributed by atoms with Gasteiger partial charge in [-0.1, -0.05) is 41.6 Å². The van der Waals surface area contributed by atoms with Gasteiger partial charge in [0.1, 0.15) is 17.6 Å². The van der Waals surface area contributed by atoms with Gasteiger partial charge >= 0.3 is 0 Å². The third kappa shape index (κ3) is 7.53. The molecule has 3 amide bonds. The van der Waals surface area contributed by atoms with Crippen molar-refractivity contribution < 1.29 is 23.2 Å². The molecule has 0 aliphatic heterocycles. The number of halogens is 3. The molecule has 10 heteroatoms. The van der Waals surface area contributed by atoms with Crippen LogP contribution in [0.4, 0.5) is 14.5 Å². The zero-order valence-electron chi connectivity index (χ0n) is 19.6. The normalized spacial score (nSPS) is 11.5. The monoisotopic (exact) mass is 531 g/mol. The predicted molar refractivity (Wildman–Crippen MR) is 136 cm³/mol. The van der Waals surface area contributed by atoms with Crippen LogP contribution in [-0.4, -0.2) is 31.3 Å². The maximum absolute atomic E-state index is 13.3. The summed E-state index contributed by atoms with van der Waals surface area (Å²) in [5, 5.41) is 5.45. The highest BCUT2D eigenvalue weighted by atomic mass is 35.5. The lowest BCUT2D eigenvalue weighted by Gasteiger charge is -2.21. The van der Waals surface area contributed by atoms with Gasteiger partial charge < -0.3 is 15.5 Å². The Bertz CT molecular complexity index is 1240.